The fraction of sp³-hybridized carbons (Fsp3) is 0.143. The molecule has 2 aromatic heterocycles. The largest absolute Gasteiger partial charge is 0.370 e. The van der Waals surface area contributed by atoms with Crippen molar-refractivity contribution >= 4 is 22.7 Å². The maximum absolute atomic E-state index is 12.0. The van der Waals surface area contributed by atoms with Crippen LogP contribution < -0.4 is 16.2 Å². The highest BCUT2D eigenvalue weighted by Gasteiger charge is 2.12. The van der Waals surface area contributed by atoms with Gasteiger partial charge in [-0.3, -0.25) is 9.78 Å². The molecule has 0 atom stereocenters. The molecule has 3 rings (SSSR count). The van der Waals surface area contributed by atoms with Crippen LogP contribution in [0, 0.1) is 0 Å². The van der Waals surface area contributed by atoms with E-state index in [1.54, 1.807) is 6.20 Å². The van der Waals surface area contributed by atoms with Crippen LogP contribution in [0.15, 0.2) is 41.3 Å². The van der Waals surface area contributed by atoms with Gasteiger partial charge in [0.15, 0.2) is 0 Å². The number of nitrogens with two attached hydrogens (primary N) is 1. The molecule has 0 spiro atoms. The predicted molar refractivity (Wildman–Crippen MR) is 79.7 cm³/mol. The molecule has 3 aromatic rings. The van der Waals surface area contributed by atoms with Gasteiger partial charge in [0.1, 0.15) is 5.65 Å². The second-order valence-corrected chi connectivity index (χ2v) is 4.68. The minimum atomic E-state index is -0.217. The number of anilines is 2. The van der Waals surface area contributed by atoms with Crippen molar-refractivity contribution < 1.29 is 0 Å². The summed E-state index contributed by atoms with van der Waals surface area (Å²) in [5.41, 5.74) is 7.80. The number of aromatic amines is 2. The summed E-state index contributed by atoms with van der Waals surface area (Å²) >= 11 is 0. The van der Waals surface area contributed by atoms with Crippen molar-refractivity contribution in [2.24, 2.45) is 0 Å². The molecule has 4 N–H and O–H groups in total. The van der Waals surface area contributed by atoms with Crippen LogP contribution in [-0.4, -0.2) is 22.0 Å². The average molecular weight is 269 g/mol. The summed E-state index contributed by atoms with van der Waals surface area (Å²) < 4.78 is 0. The quantitative estimate of drug-likeness (QED) is 0.671. The van der Waals surface area contributed by atoms with Crippen LogP contribution in [0.3, 0.4) is 0 Å². The molecular weight excluding hydrogens is 254 g/mol. The lowest BCUT2D eigenvalue weighted by molar-refractivity contribution is 0.928. The molecule has 0 fully saturated rings. The average Bonchev–Trinajstić information content (AvgIpc) is 2.82. The Bertz CT molecular complexity index is 790. The second kappa shape index (κ2) is 4.73. The molecular formula is C14H15N5O. The Labute approximate surface area is 115 Å². The molecule has 0 saturated carbocycles. The number of rotatable bonds is 3. The number of para-hydroxylation sites is 1. The Kier molecular flexibility index (Phi) is 2.90. The molecule has 0 unspecified atom stereocenters. The van der Waals surface area contributed by atoms with Gasteiger partial charge < -0.3 is 15.6 Å². The van der Waals surface area contributed by atoms with E-state index in [1.807, 2.05) is 37.4 Å². The topological polar surface area (TPSA) is 90.8 Å². The fourth-order valence-electron chi connectivity index (χ4n) is 2.27. The number of hydrogen-bond acceptors (Lipinski definition) is 4. The zero-order valence-electron chi connectivity index (χ0n) is 11.1. The van der Waals surface area contributed by atoms with Gasteiger partial charge in [0.25, 0.3) is 5.56 Å². The Morgan fingerprint density at radius 3 is 2.80 bits per heavy atom. The molecule has 0 amide bonds. The van der Waals surface area contributed by atoms with Crippen LogP contribution in [0.25, 0.3) is 11.0 Å². The van der Waals surface area contributed by atoms with Crippen molar-refractivity contribution in [3.8, 4) is 0 Å². The molecule has 6 nitrogen and oxygen atoms in total. The molecule has 0 radical (unpaired) electrons. The fourth-order valence-corrected chi connectivity index (χ4v) is 2.27. The minimum Gasteiger partial charge on any atom is -0.370 e. The van der Waals surface area contributed by atoms with E-state index in [0.29, 0.717) is 17.6 Å². The first kappa shape index (κ1) is 12.3. The van der Waals surface area contributed by atoms with Gasteiger partial charge in [-0.05, 0) is 12.1 Å². The van der Waals surface area contributed by atoms with Crippen LogP contribution in [-0.2, 0) is 6.54 Å². The molecule has 6 heteroatoms. The van der Waals surface area contributed by atoms with Crippen molar-refractivity contribution in [1.82, 2.24) is 15.0 Å². The minimum absolute atomic E-state index is 0.118. The molecule has 0 aliphatic rings. The monoisotopic (exact) mass is 269 g/mol. The van der Waals surface area contributed by atoms with Gasteiger partial charge in [-0.15, -0.1) is 0 Å². The molecule has 0 aliphatic heterocycles. The Balaban J connectivity index is 1.98. The van der Waals surface area contributed by atoms with Gasteiger partial charge in [0.05, 0.1) is 5.39 Å². The number of aromatic nitrogens is 3. The zero-order chi connectivity index (χ0) is 14.1. The molecule has 2 heterocycles. The SMILES string of the molecule is CN(Cc1c[nH]c2nc(N)[nH]c(=O)c12)c1ccccc1. The Morgan fingerprint density at radius 1 is 1.30 bits per heavy atom. The first-order chi connectivity index (χ1) is 9.65. The van der Waals surface area contributed by atoms with Crippen LogP contribution in [0.5, 0.6) is 0 Å². The summed E-state index contributed by atoms with van der Waals surface area (Å²) in [4.78, 5) is 23.7. The first-order valence-electron chi connectivity index (χ1n) is 6.27. The lowest BCUT2D eigenvalue weighted by Crippen LogP contribution is -2.18. The van der Waals surface area contributed by atoms with E-state index < -0.39 is 0 Å². The third kappa shape index (κ3) is 2.11. The van der Waals surface area contributed by atoms with E-state index in [4.69, 9.17) is 5.73 Å². The number of benzene rings is 1. The molecule has 0 saturated heterocycles. The normalized spacial score (nSPS) is 10.8. The molecule has 102 valence electrons. The molecule has 1 aromatic carbocycles. The van der Waals surface area contributed by atoms with Crippen molar-refractivity contribution in [1.29, 1.82) is 0 Å². The van der Waals surface area contributed by atoms with E-state index in [9.17, 15) is 4.79 Å². The number of hydrogen-bond donors (Lipinski definition) is 3. The smallest absolute Gasteiger partial charge is 0.262 e. The first-order valence-corrected chi connectivity index (χ1v) is 6.27. The number of nitrogen functional groups attached to an aromatic ring is 1. The van der Waals surface area contributed by atoms with E-state index in [2.05, 4.69) is 19.9 Å². The maximum Gasteiger partial charge on any atom is 0.262 e. The molecule has 0 bridgehead atoms. The maximum atomic E-state index is 12.0. The number of H-pyrrole nitrogens is 2. The summed E-state index contributed by atoms with van der Waals surface area (Å²) in [5, 5.41) is 0.557. The summed E-state index contributed by atoms with van der Waals surface area (Å²) in [7, 11) is 1.98. The third-order valence-electron chi connectivity index (χ3n) is 3.25. The Morgan fingerprint density at radius 2 is 2.05 bits per heavy atom. The van der Waals surface area contributed by atoms with Gasteiger partial charge in [-0.25, -0.2) is 0 Å². The molecule has 20 heavy (non-hydrogen) atoms. The molecule has 0 aliphatic carbocycles. The highest BCUT2D eigenvalue weighted by atomic mass is 16.1. The van der Waals surface area contributed by atoms with E-state index >= 15 is 0 Å². The lowest BCUT2D eigenvalue weighted by atomic mass is 10.2. The standard InChI is InChI=1S/C14H15N5O/c1-19(10-5-3-2-4-6-10)8-9-7-16-12-11(9)13(20)18-14(15)17-12/h2-7H,8H2,1H3,(H4,15,16,17,18,20). The van der Waals surface area contributed by atoms with Crippen molar-refractivity contribution in [2.75, 3.05) is 17.7 Å². The lowest BCUT2D eigenvalue weighted by Gasteiger charge is -2.18. The van der Waals surface area contributed by atoms with E-state index in [0.717, 1.165) is 11.3 Å². The van der Waals surface area contributed by atoms with Crippen molar-refractivity contribution in [2.45, 2.75) is 6.54 Å². The predicted octanol–water partition coefficient (Wildman–Crippen LogP) is 1.47. The van der Waals surface area contributed by atoms with Gasteiger partial charge in [0, 0.05) is 31.0 Å². The van der Waals surface area contributed by atoms with Crippen molar-refractivity contribution in [3.63, 3.8) is 0 Å². The summed E-state index contributed by atoms with van der Waals surface area (Å²) in [5.74, 6) is 0.118. The van der Waals surface area contributed by atoms with Crippen LogP contribution >= 0.6 is 0 Å². The number of nitrogens with one attached hydrogen (secondary N) is 2. The summed E-state index contributed by atoms with van der Waals surface area (Å²) in [6, 6.07) is 9.98. The van der Waals surface area contributed by atoms with Gasteiger partial charge >= 0.3 is 0 Å². The third-order valence-corrected chi connectivity index (χ3v) is 3.25. The van der Waals surface area contributed by atoms with Gasteiger partial charge in [-0.2, -0.15) is 4.98 Å². The van der Waals surface area contributed by atoms with Crippen LogP contribution in [0.4, 0.5) is 11.6 Å². The Hall–Kier alpha value is -2.76. The number of fused-ring (bicyclic) bond motifs is 1. The van der Waals surface area contributed by atoms with Crippen LogP contribution in [0.1, 0.15) is 5.56 Å². The van der Waals surface area contributed by atoms with Crippen LogP contribution in [0.2, 0.25) is 0 Å². The zero-order valence-corrected chi connectivity index (χ0v) is 11.1. The second-order valence-electron chi connectivity index (χ2n) is 4.68. The summed E-state index contributed by atoms with van der Waals surface area (Å²) in [6.45, 7) is 0.610. The van der Waals surface area contributed by atoms with Crippen molar-refractivity contribution in [3.05, 3.63) is 52.4 Å². The highest BCUT2D eigenvalue weighted by molar-refractivity contribution is 5.79. The highest BCUT2D eigenvalue weighted by Crippen LogP contribution is 2.18. The van der Waals surface area contributed by atoms with Gasteiger partial charge in [-0.1, -0.05) is 18.2 Å². The van der Waals surface area contributed by atoms with E-state index in [1.165, 1.54) is 0 Å². The number of nitrogens with zero attached hydrogens (tertiary/aromatic N) is 2. The van der Waals surface area contributed by atoms with Gasteiger partial charge in [0.2, 0.25) is 5.95 Å². The summed E-state index contributed by atoms with van der Waals surface area (Å²) in [6.07, 6.45) is 1.80. The van der Waals surface area contributed by atoms with E-state index in [-0.39, 0.29) is 11.5 Å².